The van der Waals surface area contributed by atoms with Gasteiger partial charge < -0.3 is 19.1 Å². The predicted molar refractivity (Wildman–Crippen MR) is 130 cm³/mol. The van der Waals surface area contributed by atoms with Crippen molar-refractivity contribution in [3.63, 3.8) is 0 Å². The molecule has 1 aromatic heterocycles. The van der Waals surface area contributed by atoms with Crippen molar-refractivity contribution in [1.29, 1.82) is 0 Å². The molecule has 1 fully saturated rings. The Morgan fingerprint density at radius 2 is 2.05 bits per heavy atom. The lowest BCUT2D eigenvalue weighted by molar-refractivity contribution is -0.145. The summed E-state index contributed by atoms with van der Waals surface area (Å²) in [6.07, 6.45) is -3.01. The zero-order chi connectivity index (χ0) is 27.2. The van der Waals surface area contributed by atoms with E-state index in [2.05, 4.69) is 5.09 Å². The molecule has 0 bridgehead atoms. The molecule has 2 aromatic rings. The zero-order valence-electron chi connectivity index (χ0n) is 20.0. The average molecular weight is 564 g/mol. The highest BCUT2D eigenvalue weighted by Crippen LogP contribution is 2.48. The number of H-pyrrole nitrogens is 1. The topological polar surface area (TPSA) is 158 Å². The number of esters is 1. The van der Waals surface area contributed by atoms with Crippen LogP contribution in [-0.2, 0) is 23.4 Å². The number of carbonyl (C=O) groups is 1. The van der Waals surface area contributed by atoms with E-state index in [0.717, 1.165) is 18.7 Å². The molecule has 0 spiro atoms. The normalized spacial score (nSPS) is 25.8. The number of hydrogen-bond donors (Lipinski definition) is 3. The van der Waals surface area contributed by atoms with Crippen LogP contribution in [0.15, 0.2) is 52.2 Å². The number of ether oxygens (including phenoxy) is 2. The van der Waals surface area contributed by atoms with Crippen LogP contribution < -0.4 is 20.9 Å². The van der Waals surface area contributed by atoms with E-state index in [1.807, 2.05) is 11.9 Å². The van der Waals surface area contributed by atoms with Gasteiger partial charge in [-0.25, -0.2) is 13.8 Å². The highest BCUT2D eigenvalue weighted by atomic mass is 35.5. The molecule has 3 N–H and O–H groups in total. The van der Waals surface area contributed by atoms with Crippen LogP contribution in [0.1, 0.15) is 32.9 Å². The van der Waals surface area contributed by atoms with Gasteiger partial charge in [-0.15, -0.1) is 0 Å². The Bertz CT molecular complexity index is 1230. The molecule has 15 heteroatoms. The minimum atomic E-state index is -4.34. The molecule has 1 aliphatic heterocycles. The third kappa shape index (κ3) is 7.28. The van der Waals surface area contributed by atoms with Gasteiger partial charge in [0.25, 0.3) is 10.7 Å². The van der Waals surface area contributed by atoms with E-state index in [4.69, 9.17) is 30.1 Å². The summed E-state index contributed by atoms with van der Waals surface area (Å²) in [6, 6.07) is 7.73. The second-order valence-electron chi connectivity index (χ2n) is 8.23. The molecule has 6 atom stereocenters. The van der Waals surface area contributed by atoms with Gasteiger partial charge in [0.2, 0.25) is 0 Å². The van der Waals surface area contributed by atoms with E-state index in [9.17, 15) is 24.1 Å². The van der Waals surface area contributed by atoms with Crippen LogP contribution >= 0.6 is 19.3 Å². The summed E-state index contributed by atoms with van der Waals surface area (Å²) < 4.78 is 50.9. The van der Waals surface area contributed by atoms with Crippen molar-refractivity contribution < 1.29 is 37.4 Å². The number of benzene rings is 1. The minimum absolute atomic E-state index is 0.132. The molecule has 12 nitrogen and oxygen atoms in total. The number of aliphatic hydroxyl groups is 1. The summed E-state index contributed by atoms with van der Waals surface area (Å²) in [5, 5.41) is 9.90. The number of halogens is 2. The van der Waals surface area contributed by atoms with Crippen LogP contribution in [0.2, 0.25) is 0 Å². The smallest absolute Gasteiger partial charge is 0.459 e. The van der Waals surface area contributed by atoms with Crippen molar-refractivity contribution in [3.05, 3.63) is 63.4 Å². The molecule has 0 saturated carbocycles. The molecule has 0 radical (unpaired) electrons. The van der Waals surface area contributed by atoms with Crippen molar-refractivity contribution in [1.82, 2.24) is 14.6 Å². The van der Waals surface area contributed by atoms with E-state index < -0.39 is 61.2 Å². The molecular weight excluding hydrogens is 536 g/mol. The molecule has 2 heterocycles. The number of unbranched alkanes of at least 4 members (excludes halogenated alkanes) is 1. The number of aromatic amines is 1. The van der Waals surface area contributed by atoms with Crippen molar-refractivity contribution >= 4 is 25.3 Å². The Morgan fingerprint density at radius 3 is 2.70 bits per heavy atom. The second-order valence-corrected chi connectivity index (χ2v) is 10.5. The largest absolute Gasteiger partial charge is 0.465 e. The van der Waals surface area contributed by atoms with Gasteiger partial charge in [-0.1, -0.05) is 43.1 Å². The SMILES string of the molecule is CCCCOC(=O)[C@H](C)NP(=O)(OC[C@H]1O[C@H](n2ccc(=O)[nH]c2=O)[C@@](F)(Cl)[C@@H]1O)Oc1ccccc1. The first-order chi connectivity index (χ1) is 17.5. The summed E-state index contributed by atoms with van der Waals surface area (Å²) >= 11 is 5.87. The van der Waals surface area contributed by atoms with Crippen molar-refractivity contribution in [2.45, 2.75) is 56.3 Å². The molecule has 0 aliphatic carbocycles. The first-order valence-corrected chi connectivity index (χ1v) is 13.4. The highest BCUT2D eigenvalue weighted by molar-refractivity contribution is 7.52. The van der Waals surface area contributed by atoms with Crippen LogP contribution in [0, 0.1) is 0 Å². The lowest BCUT2D eigenvalue weighted by atomic mass is 10.1. The molecule has 1 saturated heterocycles. The third-order valence-electron chi connectivity index (χ3n) is 5.31. The third-order valence-corrected chi connectivity index (χ3v) is 7.36. The quantitative estimate of drug-likeness (QED) is 0.151. The molecule has 1 aliphatic rings. The van der Waals surface area contributed by atoms with Gasteiger partial charge in [0.1, 0.15) is 24.0 Å². The Hall–Kier alpha value is -2.54. The summed E-state index contributed by atoms with van der Waals surface area (Å²) in [6.45, 7) is 2.77. The number of aliphatic hydroxyl groups excluding tert-OH is 1. The standard InChI is InChI=1S/C22H28ClFN3O9P/c1-3-4-12-33-19(30)14(2)26-37(32,36-15-8-6-5-7-9-15)34-13-16-18(29)22(23,24)20(35-16)27-11-10-17(28)25-21(27)31/h5-11,14,16,18,20,29H,3-4,12-13H2,1-2H3,(H,26,32)(H,25,28,31)/t14-,16+,18+,20-,22+,37?/m0/s1. The second kappa shape index (κ2) is 12.3. The highest BCUT2D eigenvalue weighted by Gasteiger charge is 2.58. The maximum atomic E-state index is 15.2. The summed E-state index contributed by atoms with van der Waals surface area (Å²) in [5.41, 5.74) is -1.75. The molecule has 37 heavy (non-hydrogen) atoms. The Morgan fingerprint density at radius 1 is 1.35 bits per heavy atom. The lowest BCUT2D eigenvalue weighted by Gasteiger charge is -2.24. The van der Waals surface area contributed by atoms with Crippen molar-refractivity contribution in [2.24, 2.45) is 0 Å². The van der Waals surface area contributed by atoms with E-state index in [1.165, 1.54) is 19.1 Å². The first-order valence-electron chi connectivity index (χ1n) is 11.4. The fourth-order valence-electron chi connectivity index (χ4n) is 3.33. The van der Waals surface area contributed by atoms with E-state index in [-0.39, 0.29) is 12.4 Å². The van der Waals surface area contributed by atoms with Crippen molar-refractivity contribution in [2.75, 3.05) is 13.2 Å². The van der Waals surface area contributed by atoms with Crippen LogP contribution in [0.3, 0.4) is 0 Å². The molecule has 0 amide bonds. The monoisotopic (exact) mass is 563 g/mol. The van der Waals surface area contributed by atoms with Crippen LogP contribution in [-0.4, -0.2) is 57.2 Å². The number of rotatable bonds is 12. The Labute approximate surface area is 216 Å². The first kappa shape index (κ1) is 29.0. The van der Waals surface area contributed by atoms with Gasteiger partial charge in [0.15, 0.2) is 6.23 Å². The molecule has 1 aromatic carbocycles. The molecule has 3 rings (SSSR count). The summed E-state index contributed by atoms with van der Waals surface area (Å²) in [7, 11) is -4.34. The van der Waals surface area contributed by atoms with Gasteiger partial charge in [0, 0.05) is 12.3 Å². The van der Waals surface area contributed by atoms with Gasteiger partial charge in [0.05, 0.1) is 13.2 Å². The average Bonchev–Trinajstić information content (AvgIpc) is 3.07. The maximum absolute atomic E-state index is 15.2. The number of aromatic nitrogens is 2. The zero-order valence-corrected chi connectivity index (χ0v) is 21.7. The fourth-order valence-corrected chi connectivity index (χ4v) is 5.13. The number of hydrogen-bond acceptors (Lipinski definition) is 9. The van der Waals surface area contributed by atoms with Crippen LogP contribution in [0.4, 0.5) is 4.39 Å². The van der Waals surface area contributed by atoms with Gasteiger partial charge >= 0.3 is 19.4 Å². The minimum Gasteiger partial charge on any atom is -0.465 e. The predicted octanol–water partition coefficient (Wildman–Crippen LogP) is 2.22. The molecule has 204 valence electrons. The number of para-hydroxylation sites is 1. The lowest BCUT2D eigenvalue weighted by Crippen LogP contribution is -2.42. The van der Waals surface area contributed by atoms with E-state index in [0.29, 0.717) is 11.0 Å². The number of nitrogens with zero attached hydrogens (tertiary/aromatic N) is 1. The van der Waals surface area contributed by atoms with Gasteiger partial charge in [-0.05, 0) is 25.5 Å². The van der Waals surface area contributed by atoms with Gasteiger partial charge in [-0.3, -0.25) is 23.7 Å². The maximum Gasteiger partial charge on any atom is 0.459 e. The summed E-state index contributed by atoms with van der Waals surface area (Å²) in [4.78, 5) is 37.7. The van der Waals surface area contributed by atoms with Crippen molar-refractivity contribution in [3.8, 4) is 5.75 Å². The number of nitrogens with one attached hydrogen (secondary N) is 2. The Kier molecular flexibility index (Phi) is 9.68. The molecular formula is C22H28ClFN3O9P. The fraction of sp³-hybridized carbons (Fsp3) is 0.500. The van der Waals surface area contributed by atoms with Gasteiger partial charge in [-0.2, -0.15) is 5.09 Å². The van der Waals surface area contributed by atoms with E-state index in [1.54, 1.807) is 18.2 Å². The van der Waals surface area contributed by atoms with Crippen LogP contribution in [0.25, 0.3) is 0 Å². The number of alkyl halides is 2. The summed E-state index contributed by atoms with van der Waals surface area (Å²) in [5.74, 6) is -0.570. The number of carbonyl (C=O) groups excluding carboxylic acids is 1. The van der Waals surface area contributed by atoms with E-state index >= 15 is 4.39 Å². The Balaban J connectivity index is 1.77. The molecule has 1 unspecified atom stereocenters. The van der Waals surface area contributed by atoms with Crippen LogP contribution in [0.5, 0.6) is 5.75 Å².